The molecule has 3 heterocycles. The van der Waals surface area contributed by atoms with Gasteiger partial charge >= 0.3 is 0 Å². The Hall–Kier alpha value is -2.81. The van der Waals surface area contributed by atoms with E-state index in [-0.39, 0.29) is 29.8 Å². The summed E-state index contributed by atoms with van der Waals surface area (Å²) < 4.78 is 6.78. The molecule has 4 rings (SSSR count). The van der Waals surface area contributed by atoms with Gasteiger partial charge in [-0.05, 0) is 31.2 Å². The fourth-order valence-electron chi connectivity index (χ4n) is 3.53. The van der Waals surface area contributed by atoms with Crippen LogP contribution in [0.1, 0.15) is 12.1 Å². The molecule has 1 saturated heterocycles. The van der Waals surface area contributed by atoms with Gasteiger partial charge in [0, 0.05) is 30.3 Å². The van der Waals surface area contributed by atoms with Crippen LogP contribution in [0.25, 0.3) is 5.82 Å². The molecule has 3 aromatic rings. The maximum Gasteiger partial charge on any atom is 0.230 e. The Labute approximate surface area is 199 Å². The van der Waals surface area contributed by atoms with Gasteiger partial charge in [-0.3, -0.25) is 9.59 Å². The van der Waals surface area contributed by atoms with Gasteiger partial charge in [0.25, 0.3) is 0 Å². The van der Waals surface area contributed by atoms with Crippen molar-refractivity contribution in [1.29, 1.82) is 0 Å². The van der Waals surface area contributed by atoms with Crippen molar-refractivity contribution in [3.05, 3.63) is 57.3 Å². The van der Waals surface area contributed by atoms with Crippen LogP contribution in [0, 0.1) is 12.8 Å². The number of rotatable bonds is 5. The molecule has 0 radical (unpaired) electrons. The Morgan fingerprint density at radius 1 is 1.19 bits per heavy atom. The molecule has 11 heteroatoms. The van der Waals surface area contributed by atoms with E-state index >= 15 is 0 Å². The van der Waals surface area contributed by atoms with Crippen LogP contribution >= 0.6 is 34.8 Å². The van der Waals surface area contributed by atoms with E-state index in [4.69, 9.17) is 39.5 Å². The fourth-order valence-corrected chi connectivity index (χ4v) is 4.16. The number of carbonyl (C=O) groups excluding carboxylic acids is 2. The highest BCUT2D eigenvalue weighted by Gasteiger charge is 2.37. The minimum Gasteiger partial charge on any atom is -0.495 e. The second kappa shape index (κ2) is 8.97. The molecule has 0 spiro atoms. The molecule has 1 N–H and O–H groups in total. The lowest BCUT2D eigenvalue weighted by molar-refractivity contribution is -0.122. The molecule has 2 amide bonds. The Kier molecular flexibility index (Phi) is 6.28. The van der Waals surface area contributed by atoms with Crippen molar-refractivity contribution in [3.63, 3.8) is 0 Å². The molecule has 0 saturated carbocycles. The third-order valence-electron chi connectivity index (χ3n) is 5.00. The zero-order valence-corrected chi connectivity index (χ0v) is 19.4. The summed E-state index contributed by atoms with van der Waals surface area (Å²) in [5.41, 5.74) is 1.18. The summed E-state index contributed by atoms with van der Waals surface area (Å²) >= 11 is 18.3. The van der Waals surface area contributed by atoms with Crippen molar-refractivity contribution in [2.24, 2.45) is 5.92 Å². The lowest BCUT2D eigenvalue weighted by Crippen LogP contribution is -2.29. The molecule has 1 aliphatic heterocycles. The van der Waals surface area contributed by atoms with E-state index < -0.39 is 5.92 Å². The molecule has 1 aromatic carbocycles. The maximum absolute atomic E-state index is 13.0. The molecule has 8 nitrogen and oxygen atoms in total. The summed E-state index contributed by atoms with van der Waals surface area (Å²) in [5.74, 6) is 0.109. The number of halogens is 3. The van der Waals surface area contributed by atoms with Crippen LogP contribution in [0.3, 0.4) is 0 Å². The van der Waals surface area contributed by atoms with Gasteiger partial charge in [0.05, 0.1) is 34.5 Å². The monoisotopic (exact) mass is 493 g/mol. The third-order valence-corrected chi connectivity index (χ3v) is 5.72. The lowest BCUT2D eigenvalue weighted by Gasteiger charge is -2.20. The highest BCUT2D eigenvalue weighted by atomic mass is 35.5. The van der Waals surface area contributed by atoms with Crippen LogP contribution in [0.5, 0.6) is 5.75 Å². The van der Waals surface area contributed by atoms with Crippen LogP contribution in [-0.2, 0) is 9.59 Å². The van der Waals surface area contributed by atoms with Gasteiger partial charge in [-0.15, -0.1) is 0 Å². The number of aromatic nitrogens is 3. The standard InChI is InChI=1S/C21H18Cl3N5O3/c1-11-5-18(29(27-11)20-15(24)7-14(23)9-25-20)26-21(31)12-6-19(30)28(10-12)16-8-13(22)3-4-17(16)32-2/h3-5,7-9,12H,6,10H2,1-2H3,(H,26,31). The maximum atomic E-state index is 13.0. The minimum absolute atomic E-state index is 0.0502. The number of benzene rings is 1. The highest BCUT2D eigenvalue weighted by molar-refractivity contribution is 6.35. The first-order valence-electron chi connectivity index (χ1n) is 9.59. The summed E-state index contributed by atoms with van der Waals surface area (Å²) in [6.45, 7) is 1.97. The van der Waals surface area contributed by atoms with Crippen molar-refractivity contribution < 1.29 is 14.3 Å². The number of ether oxygens (including phenoxy) is 1. The largest absolute Gasteiger partial charge is 0.495 e. The minimum atomic E-state index is -0.580. The van der Waals surface area contributed by atoms with E-state index in [0.717, 1.165) is 0 Å². The van der Waals surface area contributed by atoms with E-state index in [1.165, 1.54) is 22.9 Å². The number of hydrogen-bond acceptors (Lipinski definition) is 5. The topological polar surface area (TPSA) is 89.3 Å². The molecular weight excluding hydrogens is 477 g/mol. The number of amides is 2. The first-order valence-corrected chi connectivity index (χ1v) is 10.7. The number of aryl methyl sites for hydroxylation is 1. The van der Waals surface area contributed by atoms with Crippen molar-refractivity contribution in [1.82, 2.24) is 14.8 Å². The normalized spacial score (nSPS) is 15.8. The Bertz CT molecular complexity index is 1210. The van der Waals surface area contributed by atoms with Gasteiger partial charge in [0.2, 0.25) is 11.8 Å². The van der Waals surface area contributed by atoms with Gasteiger partial charge in [0.1, 0.15) is 11.6 Å². The second-order valence-corrected chi connectivity index (χ2v) is 8.53. The molecular formula is C21H18Cl3N5O3. The summed E-state index contributed by atoms with van der Waals surface area (Å²) in [7, 11) is 1.51. The van der Waals surface area contributed by atoms with Crippen molar-refractivity contribution in [3.8, 4) is 11.6 Å². The van der Waals surface area contributed by atoms with Crippen LogP contribution in [0.15, 0.2) is 36.5 Å². The Morgan fingerprint density at radius 2 is 1.97 bits per heavy atom. The zero-order chi connectivity index (χ0) is 23.0. The molecule has 1 aliphatic rings. The quantitative estimate of drug-likeness (QED) is 0.563. The van der Waals surface area contributed by atoms with Gasteiger partial charge in [-0.25, -0.2) is 4.98 Å². The van der Waals surface area contributed by atoms with E-state index in [0.29, 0.717) is 38.8 Å². The first kappa shape index (κ1) is 22.4. The van der Waals surface area contributed by atoms with Crippen molar-refractivity contribution in [2.45, 2.75) is 13.3 Å². The van der Waals surface area contributed by atoms with E-state index in [2.05, 4.69) is 15.4 Å². The molecule has 0 aliphatic carbocycles. The number of hydrogen-bond donors (Lipinski definition) is 1. The number of carbonyl (C=O) groups is 2. The SMILES string of the molecule is COc1ccc(Cl)cc1N1CC(C(=O)Nc2cc(C)nn2-c2ncc(Cl)cc2Cl)CC1=O. The molecule has 1 fully saturated rings. The van der Waals surface area contributed by atoms with Crippen molar-refractivity contribution in [2.75, 3.05) is 23.9 Å². The summed E-state index contributed by atoms with van der Waals surface area (Å²) in [4.78, 5) is 31.4. The number of nitrogens with zero attached hydrogens (tertiary/aromatic N) is 4. The molecule has 0 bridgehead atoms. The molecule has 32 heavy (non-hydrogen) atoms. The Morgan fingerprint density at radius 3 is 2.69 bits per heavy atom. The molecule has 2 aromatic heterocycles. The molecule has 166 valence electrons. The van der Waals surface area contributed by atoms with Gasteiger partial charge < -0.3 is 15.0 Å². The summed E-state index contributed by atoms with van der Waals surface area (Å²) in [6.07, 6.45) is 1.49. The number of methoxy groups -OCH3 is 1. The van der Waals surface area contributed by atoms with Gasteiger partial charge in [-0.1, -0.05) is 34.8 Å². The Balaban J connectivity index is 1.56. The van der Waals surface area contributed by atoms with Crippen LogP contribution in [-0.4, -0.2) is 40.2 Å². The summed E-state index contributed by atoms with van der Waals surface area (Å²) in [5, 5.41) is 8.34. The smallest absolute Gasteiger partial charge is 0.230 e. The van der Waals surface area contributed by atoms with Gasteiger partial charge in [-0.2, -0.15) is 9.78 Å². The number of nitrogens with one attached hydrogen (secondary N) is 1. The molecule has 1 unspecified atom stereocenters. The highest BCUT2D eigenvalue weighted by Crippen LogP contribution is 2.35. The zero-order valence-electron chi connectivity index (χ0n) is 17.1. The van der Waals surface area contributed by atoms with E-state index in [9.17, 15) is 9.59 Å². The molecule has 1 atom stereocenters. The number of pyridine rings is 1. The predicted molar refractivity (Wildman–Crippen MR) is 123 cm³/mol. The van der Waals surface area contributed by atoms with Crippen LogP contribution in [0.2, 0.25) is 15.1 Å². The number of anilines is 2. The lowest BCUT2D eigenvalue weighted by atomic mass is 10.1. The average Bonchev–Trinajstić information content (AvgIpc) is 3.30. The second-order valence-electron chi connectivity index (χ2n) is 7.25. The first-order chi connectivity index (χ1) is 15.3. The van der Waals surface area contributed by atoms with E-state index in [1.54, 1.807) is 37.3 Å². The van der Waals surface area contributed by atoms with Crippen molar-refractivity contribution >= 4 is 58.1 Å². The average molecular weight is 495 g/mol. The van der Waals surface area contributed by atoms with Crippen LogP contribution < -0.4 is 15.0 Å². The van der Waals surface area contributed by atoms with Gasteiger partial charge in [0.15, 0.2) is 5.82 Å². The van der Waals surface area contributed by atoms with E-state index in [1.807, 2.05) is 0 Å². The third kappa shape index (κ3) is 4.39. The van der Waals surface area contributed by atoms with Crippen LogP contribution in [0.4, 0.5) is 11.5 Å². The fraction of sp³-hybridized carbons (Fsp3) is 0.238. The summed E-state index contributed by atoms with van der Waals surface area (Å²) in [6, 6.07) is 8.24. The predicted octanol–water partition coefficient (Wildman–Crippen LogP) is 4.54.